The molecule has 0 amide bonds. The largest absolute Gasteiger partial charge is 0.372 e. The van der Waals surface area contributed by atoms with Gasteiger partial charge in [0.15, 0.2) is 5.82 Å². The third-order valence-corrected chi connectivity index (χ3v) is 4.24. The summed E-state index contributed by atoms with van der Waals surface area (Å²) in [4.78, 5) is 10.9. The molecule has 0 N–H and O–H groups in total. The fourth-order valence-electron chi connectivity index (χ4n) is 3.11. The Hall–Kier alpha value is -2.02. The molecule has 2 aromatic rings. The Labute approximate surface area is 123 Å². The maximum absolute atomic E-state index is 5.42. The van der Waals surface area contributed by atoms with Crippen molar-refractivity contribution in [1.29, 1.82) is 0 Å². The summed E-state index contributed by atoms with van der Waals surface area (Å²) in [5.74, 6) is 3.39. The molecule has 0 spiro atoms. The van der Waals surface area contributed by atoms with Crippen molar-refractivity contribution in [3.05, 3.63) is 30.1 Å². The van der Waals surface area contributed by atoms with E-state index < -0.39 is 0 Å². The molecule has 0 unspecified atom stereocenters. The van der Waals surface area contributed by atoms with Crippen LogP contribution in [-0.4, -0.2) is 44.4 Å². The molecule has 4 heterocycles. The molecule has 2 aliphatic heterocycles. The van der Waals surface area contributed by atoms with Crippen LogP contribution in [-0.2, 0) is 17.9 Å². The van der Waals surface area contributed by atoms with E-state index in [-0.39, 0.29) is 0 Å². The molecule has 2 aromatic heterocycles. The first-order chi connectivity index (χ1) is 10.4. The van der Waals surface area contributed by atoms with E-state index >= 15 is 0 Å². The summed E-state index contributed by atoms with van der Waals surface area (Å²) < 4.78 is 7.66. The molecular formula is C14H18N6O. The molecule has 0 atom stereocenters. The Bertz CT molecular complexity index is 605. The molecular weight excluding hydrogens is 268 g/mol. The van der Waals surface area contributed by atoms with E-state index in [2.05, 4.69) is 29.6 Å². The highest BCUT2D eigenvalue weighted by molar-refractivity contribution is 5.29. The topological polar surface area (TPSA) is 69.0 Å². The average Bonchev–Trinajstić information content (AvgIpc) is 3.00. The first-order valence-electron chi connectivity index (χ1n) is 7.43. The number of nitrogens with zero attached hydrogens (tertiary/aromatic N) is 6. The van der Waals surface area contributed by atoms with Gasteiger partial charge in [0, 0.05) is 37.9 Å². The van der Waals surface area contributed by atoms with Crippen molar-refractivity contribution in [3.63, 3.8) is 0 Å². The van der Waals surface area contributed by atoms with E-state index in [1.54, 1.807) is 12.4 Å². The van der Waals surface area contributed by atoms with E-state index in [4.69, 9.17) is 4.74 Å². The van der Waals surface area contributed by atoms with E-state index in [1.807, 2.05) is 6.07 Å². The van der Waals surface area contributed by atoms with E-state index in [0.29, 0.717) is 12.5 Å². The Morgan fingerprint density at radius 2 is 1.86 bits per heavy atom. The highest BCUT2D eigenvalue weighted by atomic mass is 16.5. The van der Waals surface area contributed by atoms with Crippen molar-refractivity contribution < 1.29 is 4.74 Å². The fraction of sp³-hybridized carbons (Fsp3) is 0.571. The number of fused-ring (bicyclic) bond motifs is 1. The molecule has 0 aliphatic carbocycles. The second-order valence-corrected chi connectivity index (χ2v) is 5.49. The van der Waals surface area contributed by atoms with Crippen LogP contribution < -0.4 is 4.90 Å². The molecule has 0 radical (unpaired) electrons. The van der Waals surface area contributed by atoms with Gasteiger partial charge in [-0.3, -0.25) is 0 Å². The van der Waals surface area contributed by atoms with Crippen LogP contribution in [0.1, 0.15) is 30.4 Å². The lowest BCUT2D eigenvalue weighted by molar-refractivity contribution is 0.0800. The Morgan fingerprint density at radius 1 is 1.05 bits per heavy atom. The van der Waals surface area contributed by atoms with Crippen molar-refractivity contribution in [1.82, 2.24) is 24.7 Å². The van der Waals surface area contributed by atoms with E-state index in [0.717, 1.165) is 56.7 Å². The van der Waals surface area contributed by atoms with Gasteiger partial charge in [0.05, 0.1) is 6.61 Å². The predicted octanol–water partition coefficient (Wildman–Crippen LogP) is 0.982. The van der Waals surface area contributed by atoms with Crippen LogP contribution in [0, 0.1) is 0 Å². The van der Waals surface area contributed by atoms with Gasteiger partial charge in [-0.15, -0.1) is 10.2 Å². The minimum atomic E-state index is 0.476. The summed E-state index contributed by atoms with van der Waals surface area (Å²) in [6.07, 6.45) is 5.72. The van der Waals surface area contributed by atoms with Gasteiger partial charge in [0.25, 0.3) is 0 Å². The summed E-state index contributed by atoms with van der Waals surface area (Å²) in [5.41, 5.74) is 0. The standard InChI is InChI=1S/C14H18N6O/c1-4-15-14(16-5-1)19-6-2-11(3-7-19)13-18-17-12-10-21-9-8-20(12)13/h1,4-5,11H,2-3,6-10H2. The van der Waals surface area contributed by atoms with Crippen molar-refractivity contribution in [3.8, 4) is 0 Å². The quantitative estimate of drug-likeness (QED) is 0.820. The number of ether oxygens (including phenoxy) is 1. The summed E-state index contributed by atoms with van der Waals surface area (Å²) >= 11 is 0. The highest BCUT2D eigenvalue weighted by Crippen LogP contribution is 2.29. The monoisotopic (exact) mass is 286 g/mol. The van der Waals surface area contributed by atoms with Crippen molar-refractivity contribution in [2.45, 2.75) is 31.9 Å². The number of piperidine rings is 1. The van der Waals surface area contributed by atoms with Gasteiger partial charge in [-0.05, 0) is 18.9 Å². The number of aromatic nitrogens is 5. The lowest BCUT2D eigenvalue weighted by Crippen LogP contribution is -2.35. The Morgan fingerprint density at radius 3 is 2.67 bits per heavy atom. The third-order valence-electron chi connectivity index (χ3n) is 4.24. The number of hydrogen-bond donors (Lipinski definition) is 0. The predicted molar refractivity (Wildman–Crippen MR) is 75.9 cm³/mol. The first kappa shape index (κ1) is 12.7. The SMILES string of the molecule is c1cnc(N2CCC(c3nnc4n3CCOC4)CC2)nc1. The van der Waals surface area contributed by atoms with Crippen LogP contribution in [0.2, 0.25) is 0 Å². The minimum Gasteiger partial charge on any atom is -0.372 e. The van der Waals surface area contributed by atoms with Crippen LogP contribution in [0.15, 0.2) is 18.5 Å². The van der Waals surface area contributed by atoms with Gasteiger partial charge in [-0.2, -0.15) is 0 Å². The Balaban J connectivity index is 1.47. The molecule has 110 valence electrons. The molecule has 0 aromatic carbocycles. The maximum Gasteiger partial charge on any atom is 0.225 e. The molecule has 7 nitrogen and oxygen atoms in total. The van der Waals surface area contributed by atoms with E-state index in [9.17, 15) is 0 Å². The zero-order valence-corrected chi connectivity index (χ0v) is 11.9. The average molecular weight is 286 g/mol. The molecule has 0 bridgehead atoms. The fourth-order valence-corrected chi connectivity index (χ4v) is 3.11. The molecule has 0 saturated carbocycles. The molecule has 1 fully saturated rings. The zero-order chi connectivity index (χ0) is 14.1. The van der Waals surface area contributed by atoms with Crippen LogP contribution in [0.4, 0.5) is 5.95 Å². The van der Waals surface area contributed by atoms with Gasteiger partial charge in [0.2, 0.25) is 5.95 Å². The van der Waals surface area contributed by atoms with Crippen LogP contribution in [0.25, 0.3) is 0 Å². The van der Waals surface area contributed by atoms with Gasteiger partial charge < -0.3 is 14.2 Å². The first-order valence-corrected chi connectivity index (χ1v) is 7.43. The number of anilines is 1. The molecule has 21 heavy (non-hydrogen) atoms. The summed E-state index contributed by atoms with van der Waals surface area (Å²) in [6, 6.07) is 1.85. The van der Waals surface area contributed by atoms with Crippen molar-refractivity contribution in [2.24, 2.45) is 0 Å². The summed E-state index contributed by atoms with van der Waals surface area (Å²) in [5, 5.41) is 8.66. The van der Waals surface area contributed by atoms with Crippen molar-refractivity contribution >= 4 is 5.95 Å². The smallest absolute Gasteiger partial charge is 0.225 e. The molecule has 2 aliphatic rings. The normalized spacial score (nSPS) is 19.5. The second-order valence-electron chi connectivity index (χ2n) is 5.49. The summed E-state index contributed by atoms with van der Waals surface area (Å²) in [6.45, 7) is 4.15. The highest BCUT2D eigenvalue weighted by Gasteiger charge is 2.27. The van der Waals surface area contributed by atoms with Crippen LogP contribution in [0.3, 0.4) is 0 Å². The molecule has 4 rings (SSSR count). The lowest BCUT2D eigenvalue weighted by Gasteiger charge is -2.31. The number of rotatable bonds is 2. The van der Waals surface area contributed by atoms with Crippen molar-refractivity contribution in [2.75, 3.05) is 24.6 Å². The summed E-state index contributed by atoms with van der Waals surface area (Å²) in [7, 11) is 0. The zero-order valence-electron chi connectivity index (χ0n) is 11.9. The molecule has 7 heteroatoms. The van der Waals surface area contributed by atoms with Gasteiger partial charge >= 0.3 is 0 Å². The Kier molecular flexibility index (Phi) is 3.27. The second kappa shape index (κ2) is 5.40. The van der Waals surface area contributed by atoms with E-state index in [1.165, 1.54) is 0 Å². The maximum atomic E-state index is 5.42. The van der Waals surface area contributed by atoms with Crippen LogP contribution >= 0.6 is 0 Å². The molecule has 1 saturated heterocycles. The van der Waals surface area contributed by atoms with Crippen LogP contribution in [0.5, 0.6) is 0 Å². The minimum absolute atomic E-state index is 0.476. The van der Waals surface area contributed by atoms with Gasteiger partial charge in [0.1, 0.15) is 12.4 Å². The third kappa shape index (κ3) is 2.37. The van der Waals surface area contributed by atoms with Gasteiger partial charge in [-0.25, -0.2) is 9.97 Å². The lowest BCUT2D eigenvalue weighted by atomic mass is 9.96. The van der Waals surface area contributed by atoms with Gasteiger partial charge in [-0.1, -0.05) is 0 Å². The number of hydrogen-bond acceptors (Lipinski definition) is 6.